The summed E-state index contributed by atoms with van der Waals surface area (Å²) in [4.78, 5) is 13.5. The quantitative estimate of drug-likeness (QED) is 0.396. The zero-order valence-electron chi connectivity index (χ0n) is 10.9. The third-order valence-corrected chi connectivity index (χ3v) is 3.94. The minimum atomic E-state index is -0.433. The number of esters is 1. The number of benzene rings is 2. The average Bonchev–Trinajstić information content (AvgIpc) is 2.45. The Balaban J connectivity index is 1.98. The lowest BCUT2D eigenvalue weighted by Crippen LogP contribution is -2.09. The van der Waals surface area contributed by atoms with Gasteiger partial charge in [0.25, 0.3) is 0 Å². The van der Waals surface area contributed by atoms with Crippen molar-refractivity contribution in [2.45, 2.75) is 16.7 Å². The van der Waals surface area contributed by atoms with Crippen LogP contribution in [0.15, 0.2) is 64.4 Å². The first kappa shape index (κ1) is 12.8. The molecule has 1 heterocycles. The van der Waals surface area contributed by atoms with E-state index in [9.17, 15) is 4.79 Å². The van der Waals surface area contributed by atoms with Crippen LogP contribution in [0.4, 0.5) is 0 Å². The maximum Gasteiger partial charge on any atom is 0.338 e. The minimum absolute atomic E-state index is 0.365. The normalized spacial score (nSPS) is 11.8. The topological polar surface area (TPSA) is 35.5 Å². The molecule has 0 fully saturated rings. The van der Waals surface area contributed by atoms with Crippen LogP contribution in [0.5, 0.6) is 17.2 Å². The van der Waals surface area contributed by atoms with E-state index in [2.05, 4.69) is 6.58 Å². The summed E-state index contributed by atoms with van der Waals surface area (Å²) in [6, 6.07) is 13.2. The zero-order valence-corrected chi connectivity index (χ0v) is 11.7. The number of hydrogen-bond acceptors (Lipinski definition) is 4. The molecular formula is C16H12O3S. The molecule has 1 aliphatic heterocycles. The first-order valence-electron chi connectivity index (χ1n) is 6.10. The van der Waals surface area contributed by atoms with Gasteiger partial charge in [-0.15, -0.1) is 0 Å². The van der Waals surface area contributed by atoms with Gasteiger partial charge in [0.05, 0.1) is 9.79 Å². The number of ether oxygens (including phenoxy) is 2. The van der Waals surface area contributed by atoms with Crippen molar-refractivity contribution < 1.29 is 14.3 Å². The maximum absolute atomic E-state index is 11.7. The van der Waals surface area contributed by atoms with Crippen molar-refractivity contribution in [1.82, 2.24) is 0 Å². The van der Waals surface area contributed by atoms with Crippen LogP contribution < -0.4 is 9.47 Å². The van der Waals surface area contributed by atoms with Crippen LogP contribution in [-0.2, 0) is 4.79 Å². The molecule has 4 heteroatoms. The highest BCUT2D eigenvalue weighted by Gasteiger charge is 2.22. The van der Waals surface area contributed by atoms with Crippen LogP contribution in [0.25, 0.3) is 0 Å². The Morgan fingerprint density at radius 2 is 1.90 bits per heavy atom. The molecule has 0 saturated heterocycles. The Labute approximate surface area is 121 Å². The van der Waals surface area contributed by atoms with Crippen molar-refractivity contribution in [3.63, 3.8) is 0 Å². The fourth-order valence-corrected chi connectivity index (χ4v) is 2.79. The van der Waals surface area contributed by atoms with Crippen LogP contribution in [0.3, 0.4) is 0 Å². The predicted octanol–water partition coefficient (Wildman–Crippen LogP) is 4.43. The second-order valence-electron chi connectivity index (χ2n) is 4.40. The number of carbonyl (C=O) groups is 1. The third-order valence-electron chi connectivity index (χ3n) is 2.77. The minimum Gasteiger partial charge on any atom is -0.455 e. The van der Waals surface area contributed by atoms with Crippen molar-refractivity contribution in [3.05, 3.63) is 54.6 Å². The molecule has 0 unspecified atom stereocenters. The van der Waals surface area contributed by atoms with Gasteiger partial charge in [-0.3, -0.25) is 0 Å². The standard InChI is InChI=1S/C16H12O3S/c1-10(2)16(17)19-13-8-5-7-12-15(13)20-14-9-4-3-6-11(14)18-12/h3-9H,1H2,2H3. The van der Waals surface area contributed by atoms with Gasteiger partial charge >= 0.3 is 5.97 Å². The van der Waals surface area contributed by atoms with Crippen molar-refractivity contribution in [1.29, 1.82) is 0 Å². The fraction of sp³-hybridized carbons (Fsp3) is 0.0625. The lowest BCUT2D eigenvalue weighted by atomic mass is 10.3. The number of fused-ring (bicyclic) bond motifs is 2. The summed E-state index contributed by atoms with van der Waals surface area (Å²) >= 11 is 1.53. The number of hydrogen-bond donors (Lipinski definition) is 0. The number of para-hydroxylation sites is 1. The van der Waals surface area contributed by atoms with E-state index in [1.807, 2.05) is 30.3 Å². The predicted molar refractivity (Wildman–Crippen MR) is 77.5 cm³/mol. The van der Waals surface area contributed by atoms with Crippen molar-refractivity contribution >= 4 is 17.7 Å². The SMILES string of the molecule is C=C(C)C(=O)Oc1cccc2c1Sc1ccccc1O2. The lowest BCUT2D eigenvalue weighted by Gasteiger charge is -2.21. The third kappa shape index (κ3) is 2.30. The largest absolute Gasteiger partial charge is 0.455 e. The van der Waals surface area contributed by atoms with Crippen LogP contribution in [0.2, 0.25) is 0 Å². The van der Waals surface area contributed by atoms with Crippen LogP contribution in [-0.4, -0.2) is 5.97 Å². The summed E-state index contributed by atoms with van der Waals surface area (Å²) in [5.41, 5.74) is 0.365. The highest BCUT2D eigenvalue weighted by atomic mass is 32.2. The van der Waals surface area contributed by atoms with Gasteiger partial charge < -0.3 is 9.47 Å². The van der Waals surface area contributed by atoms with Crippen molar-refractivity contribution in [2.24, 2.45) is 0 Å². The first-order valence-corrected chi connectivity index (χ1v) is 6.92. The highest BCUT2D eigenvalue weighted by molar-refractivity contribution is 7.99. The molecule has 0 spiro atoms. The Kier molecular flexibility index (Phi) is 3.24. The van der Waals surface area contributed by atoms with Gasteiger partial charge in [0.2, 0.25) is 0 Å². The van der Waals surface area contributed by atoms with E-state index in [4.69, 9.17) is 9.47 Å². The van der Waals surface area contributed by atoms with Crippen LogP contribution in [0, 0.1) is 0 Å². The molecule has 1 aliphatic rings. The molecular weight excluding hydrogens is 272 g/mol. The monoisotopic (exact) mass is 284 g/mol. The molecule has 0 bridgehead atoms. The van der Waals surface area contributed by atoms with Gasteiger partial charge in [-0.25, -0.2) is 4.79 Å². The van der Waals surface area contributed by atoms with Crippen LogP contribution in [0.1, 0.15) is 6.92 Å². The molecule has 0 aliphatic carbocycles. The Bertz CT molecular complexity index is 707. The van der Waals surface area contributed by atoms with Crippen molar-refractivity contribution in [2.75, 3.05) is 0 Å². The molecule has 0 amide bonds. The molecule has 2 aromatic carbocycles. The summed E-state index contributed by atoms with van der Waals surface area (Å²) in [6.45, 7) is 5.21. The summed E-state index contributed by atoms with van der Waals surface area (Å²) in [5, 5.41) is 0. The summed E-state index contributed by atoms with van der Waals surface area (Å²) < 4.78 is 11.2. The Hall–Kier alpha value is -2.20. The smallest absolute Gasteiger partial charge is 0.338 e. The molecule has 2 aromatic rings. The molecule has 0 saturated carbocycles. The Morgan fingerprint density at radius 3 is 2.70 bits per heavy atom. The van der Waals surface area contributed by atoms with Gasteiger partial charge in [0, 0.05) is 5.57 Å². The van der Waals surface area contributed by atoms with E-state index in [0.29, 0.717) is 17.1 Å². The molecule has 0 N–H and O–H groups in total. The molecule has 100 valence electrons. The van der Waals surface area contributed by atoms with Gasteiger partial charge in [-0.1, -0.05) is 36.5 Å². The number of carbonyl (C=O) groups excluding carboxylic acids is 1. The highest BCUT2D eigenvalue weighted by Crippen LogP contribution is 2.50. The lowest BCUT2D eigenvalue weighted by molar-refractivity contribution is -0.130. The van der Waals surface area contributed by atoms with Gasteiger partial charge in [0.1, 0.15) is 17.2 Å². The second kappa shape index (κ2) is 5.06. The molecule has 20 heavy (non-hydrogen) atoms. The summed E-state index contributed by atoms with van der Waals surface area (Å²) in [7, 11) is 0. The number of rotatable bonds is 2. The van der Waals surface area contributed by atoms with E-state index in [-0.39, 0.29) is 0 Å². The van der Waals surface area contributed by atoms with E-state index >= 15 is 0 Å². The van der Waals surface area contributed by atoms with E-state index in [1.165, 1.54) is 11.8 Å². The molecule has 3 rings (SSSR count). The Morgan fingerprint density at radius 1 is 1.15 bits per heavy atom. The molecule has 3 nitrogen and oxygen atoms in total. The van der Waals surface area contributed by atoms with Crippen molar-refractivity contribution in [3.8, 4) is 17.2 Å². The first-order chi connectivity index (χ1) is 9.65. The van der Waals surface area contributed by atoms with E-state index in [0.717, 1.165) is 15.5 Å². The molecule has 0 aromatic heterocycles. The molecule has 0 atom stereocenters. The fourth-order valence-electron chi connectivity index (χ4n) is 1.79. The van der Waals surface area contributed by atoms with Crippen LogP contribution >= 0.6 is 11.8 Å². The van der Waals surface area contributed by atoms with Gasteiger partial charge in [-0.05, 0) is 31.2 Å². The van der Waals surface area contributed by atoms with E-state index < -0.39 is 5.97 Å². The molecule has 0 radical (unpaired) electrons. The average molecular weight is 284 g/mol. The van der Waals surface area contributed by atoms with Gasteiger partial charge in [-0.2, -0.15) is 0 Å². The maximum atomic E-state index is 11.7. The summed E-state index contributed by atoms with van der Waals surface area (Å²) in [5.74, 6) is 1.57. The zero-order chi connectivity index (χ0) is 14.1. The summed E-state index contributed by atoms with van der Waals surface area (Å²) in [6.07, 6.45) is 0. The van der Waals surface area contributed by atoms with Gasteiger partial charge in [0.15, 0.2) is 0 Å². The van der Waals surface area contributed by atoms with E-state index in [1.54, 1.807) is 19.1 Å². The second-order valence-corrected chi connectivity index (χ2v) is 5.46.